The molecule has 154 valence electrons. The summed E-state index contributed by atoms with van der Waals surface area (Å²) in [7, 11) is 0. The van der Waals surface area contributed by atoms with Gasteiger partial charge in [0, 0.05) is 29.1 Å². The van der Waals surface area contributed by atoms with Gasteiger partial charge < -0.3 is 21.1 Å². The number of carbonyl (C=O) groups is 2. The van der Waals surface area contributed by atoms with E-state index in [9.17, 15) is 19.1 Å². The van der Waals surface area contributed by atoms with Crippen LogP contribution >= 0.6 is 0 Å². The molecule has 4 N–H and O–H groups in total. The van der Waals surface area contributed by atoms with Gasteiger partial charge in [0.25, 0.3) is 0 Å². The number of rotatable bonds is 5. The predicted octanol–water partition coefficient (Wildman–Crippen LogP) is 1.05. The van der Waals surface area contributed by atoms with Crippen LogP contribution in [0.15, 0.2) is 29.3 Å². The molecular formula is C21H25FN4O3. The number of halogens is 1. The molecule has 7 nitrogen and oxygen atoms in total. The van der Waals surface area contributed by atoms with E-state index < -0.39 is 24.4 Å². The van der Waals surface area contributed by atoms with E-state index in [0.29, 0.717) is 5.57 Å². The Morgan fingerprint density at radius 3 is 2.90 bits per heavy atom. The van der Waals surface area contributed by atoms with Gasteiger partial charge in [-0.25, -0.2) is 4.39 Å². The van der Waals surface area contributed by atoms with Crippen LogP contribution in [0.25, 0.3) is 0 Å². The van der Waals surface area contributed by atoms with Crippen molar-refractivity contribution in [3.63, 3.8) is 0 Å². The maximum atomic E-state index is 14.2. The lowest BCUT2D eigenvalue weighted by Gasteiger charge is -2.42. The number of hydrogen-bond donors (Lipinski definition) is 4. The molecule has 1 aromatic carbocycles. The minimum absolute atomic E-state index is 0.0588. The van der Waals surface area contributed by atoms with Crippen molar-refractivity contribution in [1.29, 1.82) is 5.26 Å². The quantitative estimate of drug-likeness (QED) is 0.590. The summed E-state index contributed by atoms with van der Waals surface area (Å²) in [6, 6.07) is 4.96. The average molecular weight is 400 g/mol. The molecule has 2 amide bonds. The van der Waals surface area contributed by atoms with Crippen molar-refractivity contribution < 1.29 is 19.1 Å². The van der Waals surface area contributed by atoms with E-state index in [2.05, 4.69) is 22.9 Å². The second-order valence-electron chi connectivity index (χ2n) is 7.63. The number of nitrogens with zero attached hydrogens (tertiary/aromatic N) is 1. The maximum absolute atomic E-state index is 14.2. The Labute approximate surface area is 169 Å². The molecule has 1 saturated heterocycles. The fourth-order valence-electron chi connectivity index (χ4n) is 4.32. The summed E-state index contributed by atoms with van der Waals surface area (Å²) in [6.45, 7) is 4.27. The van der Waals surface area contributed by atoms with E-state index >= 15 is 0 Å². The third kappa shape index (κ3) is 4.31. The van der Waals surface area contributed by atoms with Gasteiger partial charge in [0.1, 0.15) is 5.82 Å². The molecule has 8 heteroatoms. The van der Waals surface area contributed by atoms with E-state index in [1.807, 2.05) is 13.0 Å². The molecule has 2 aliphatic rings. The first-order chi connectivity index (χ1) is 13.8. The van der Waals surface area contributed by atoms with Crippen LogP contribution in [0.3, 0.4) is 0 Å². The second-order valence-corrected chi connectivity index (χ2v) is 7.63. The lowest BCUT2D eigenvalue weighted by Crippen LogP contribution is -2.57. The van der Waals surface area contributed by atoms with Crippen molar-refractivity contribution >= 4 is 11.8 Å². The molecule has 2 aliphatic heterocycles. The SMILES string of the molecule is CC1=C(CC(=O)N[C@@H](CO)c2ccc(C#N)cc2F)C(=O)NC2CCNC(C)C12. The number of amides is 2. The van der Waals surface area contributed by atoms with Crippen LogP contribution in [0.4, 0.5) is 4.39 Å². The van der Waals surface area contributed by atoms with Crippen molar-refractivity contribution in [2.24, 2.45) is 5.92 Å². The molecular weight excluding hydrogens is 375 g/mol. The monoisotopic (exact) mass is 400 g/mol. The normalized spacial score (nSPS) is 24.9. The van der Waals surface area contributed by atoms with E-state index in [1.165, 1.54) is 12.1 Å². The topological polar surface area (TPSA) is 114 Å². The van der Waals surface area contributed by atoms with Gasteiger partial charge in [-0.2, -0.15) is 5.26 Å². The van der Waals surface area contributed by atoms with Gasteiger partial charge in [0.05, 0.1) is 30.7 Å². The van der Waals surface area contributed by atoms with Crippen molar-refractivity contribution in [2.75, 3.05) is 13.2 Å². The molecule has 2 heterocycles. The minimum atomic E-state index is -0.967. The average Bonchev–Trinajstić information content (AvgIpc) is 2.69. The Morgan fingerprint density at radius 1 is 1.48 bits per heavy atom. The van der Waals surface area contributed by atoms with Crippen molar-refractivity contribution in [3.05, 3.63) is 46.3 Å². The van der Waals surface area contributed by atoms with Crippen LogP contribution in [-0.2, 0) is 9.59 Å². The van der Waals surface area contributed by atoms with Crippen LogP contribution in [-0.4, -0.2) is 42.2 Å². The molecule has 29 heavy (non-hydrogen) atoms. The van der Waals surface area contributed by atoms with Crippen LogP contribution in [0, 0.1) is 23.1 Å². The van der Waals surface area contributed by atoms with Crippen LogP contribution in [0.2, 0.25) is 0 Å². The van der Waals surface area contributed by atoms with Crippen molar-refractivity contribution in [3.8, 4) is 6.07 Å². The van der Waals surface area contributed by atoms with Gasteiger partial charge in [-0.3, -0.25) is 9.59 Å². The summed E-state index contributed by atoms with van der Waals surface area (Å²) < 4.78 is 14.2. The molecule has 1 fully saturated rings. The minimum Gasteiger partial charge on any atom is -0.394 e. The third-order valence-corrected chi connectivity index (χ3v) is 5.82. The number of hydrogen-bond acceptors (Lipinski definition) is 5. The van der Waals surface area contributed by atoms with Crippen LogP contribution in [0.1, 0.15) is 43.9 Å². The highest BCUT2D eigenvalue weighted by molar-refractivity contribution is 6.00. The van der Waals surface area contributed by atoms with Gasteiger partial charge in [-0.1, -0.05) is 11.6 Å². The van der Waals surface area contributed by atoms with E-state index in [1.54, 1.807) is 0 Å². The molecule has 0 radical (unpaired) electrons. The number of fused-ring (bicyclic) bond motifs is 1. The van der Waals surface area contributed by atoms with Crippen molar-refractivity contribution in [2.45, 2.75) is 44.8 Å². The van der Waals surface area contributed by atoms with E-state index in [-0.39, 0.29) is 41.5 Å². The van der Waals surface area contributed by atoms with E-state index in [4.69, 9.17) is 5.26 Å². The molecule has 0 aliphatic carbocycles. The first-order valence-corrected chi connectivity index (χ1v) is 9.69. The highest BCUT2D eigenvalue weighted by Gasteiger charge is 2.39. The highest BCUT2D eigenvalue weighted by Crippen LogP contribution is 2.32. The van der Waals surface area contributed by atoms with Gasteiger partial charge in [-0.15, -0.1) is 0 Å². The number of aliphatic hydroxyl groups is 1. The summed E-state index contributed by atoms with van der Waals surface area (Å²) in [5.74, 6) is -1.29. The fourth-order valence-corrected chi connectivity index (χ4v) is 4.32. The zero-order valence-electron chi connectivity index (χ0n) is 16.5. The van der Waals surface area contributed by atoms with E-state index in [0.717, 1.165) is 24.6 Å². The Kier molecular flexibility index (Phi) is 6.30. The molecule has 3 unspecified atom stereocenters. The number of piperidine rings is 1. The van der Waals surface area contributed by atoms with Crippen LogP contribution in [0.5, 0.6) is 0 Å². The molecule has 1 aromatic rings. The van der Waals surface area contributed by atoms with Crippen LogP contribution < -0.4 is 16.0 Å². The standard InChI is InChI=1S/C21H25FN4O3/c1-11-15(21(29)26-17-5-6-24-12(2)20(11)17)8-19(28)25-18(10-27)14-4-3-13(9-23)7-16(14)22/h3-4,7,12,17-18,20,24,27H,5-6,8,10H2,1-2H3,(H,25,28)(H,26,29)/t12?,17?,18-,20?/m0/s1. The van der Waals surface area contributed by atoms with Crippen molar-refractivity contribution in [1.82, 2.24) is 16.0 Å². The predicted molar refractivity (Wildman–Crippen MR) is 104 cm³/mol. The Morgan fingerprint density at radius 2 is 2.24 bits per heavy atom. The lowest BCUT2D eigenvalue weighted by atomic mass is 9.76. The van der Waals surface area contributed by atoms with Gasteiger partial charge >= 0.3 is 0 Å². The van der Waals surface area contributed by atoms with Gasteiger partial charge in [0.2, 0.25) is 11.8 Å². The maximum Gasteiger partial charge on any atom is 0.247 e. The number of carbonyl (C=O) groups excluding carboxylic acids is 2. The summed E-state index contributed by atoms with van der Waals surface area (Å²) >= 11 is 0. The smallest absolute Gasteiger partial charge is 0.247 e. The first-order valence-electron chi connectivity index (χ1n) is 9.69. The summed E-state index contributed by atoms with van der Waals surface area (Å²) in [5.41, 5.74) is 1.54. The molecule has 0 saturated carbocycles. The van der Waals surface area contributed by atoms with Gasteiger partial charge in [-0.05, 0) is 38.9 Å². The fraction of sp³-hybridized carbons (Fsp3) is 0.476. The number of benzene rings is 1. The summed E-state index contributed by atoms with van der Waals surface area (Å²) in [5, 5.41) is 27.5. The molecule has 0 spiro atoms. The summed E-state index contributed by atoms with van der Waals surface area (Å²) in [6.07, 6.45) is 0.685. The number of nitrogens with one attached hydrogen (secondary N) is 3. The molecule has 3 rings (SSSR count). The number of nitriles is 1. The lowest BCUT2D eigenvalue weighted by molar-refractivity contribution is -0.125. The number of aliphatic hydroxyl groups excluding tert-OH is 1. The Balaban J connectivity index is 1.76. The molecule has 4 atom stereocenters. The summed E-state index contributed by atoms with van der Waals surface area (Å²) in [4.78, 5) is 25.1. The first kappa shape index (κ1) is 21.0. The largest absolute Gasteiger partial charge is 0.394 e. The molecule has 0 bridgehead atoms. The Hall–Kier alpha value is -2.76. The zero-order valence-corrected chi connectivity index (χ0v) is 16.5. The third-order valence-electron chi connectivity index (χ3n) is 5.82. The highest BCUT2D eigenvalue weighted by atomic mass is 19.1. The molecule has 0 aromatic heterocycles. The van der Waals surface area contributed by atoms with Gasteiger partial charge in [0.15, 0.2) is 0 Å². The zero-order chi connectivity index (χ0) is 21.1. The Bertz CT molecular complexity index is 892. The second kappa shape index (κ2) is 8.72.